The lowest BCUT2D eigenvalue weighted by molar-refractivity contribution is 0.0946. The molecule has 0 radical (unpaired) electrons. The minimum Gasteiger partial charge on any atom is -0.496 e. The number of hydrogen-bond donors (Lipinski definition) is 1. The van der Waals surface area contributed by atoms with Crippen molar-refractivity contribution in [2.75, 3.05) is 33.3 Å². The molecule has 5 nitrogen and oxygen atoms in total. The lowest BCUT2D eigenvalue weighted by Crippen LogP contribution is -2.33. The van der Waals surface area contributed by atoms with Crippen LogP contribution in [0.15, 0.2) is 30.3 Å². The molecule has 0 atom stereocenters. The zero-order chi connectivity index (χ0) is 16.8. The van der Waals surface area contributed by atoms with Gasteiger partial charge in [0.2, 0.25) is 0 Å². The van der Waals surface area contributed by atoms with Crippen molar-refractivity contribution in [3.63, 3.8) is 0 Å². The predicted octanol–water partition coefficient (Wildman–Crippen LogP) is 2.85. The molecule has 2 aromatic rings. The zero-order valence-corrected chi connectivity index (χ0v) is 14.3. The van der Waals surface area contributed by atoms with Crippen molar-refractivity contribution in [1.29, 1.82) is 0 Å². The second kappa shape index (κ2) is 8.11. The van der Waals surface area contributed by atoms with Crippen LogP contribution in [0.25, 0.3) is 10.9 Å². The number of pyridine rings is 1. The number of aromatic nitrogens is 1. The van der Waals surface area contributed by atoms with Crippen molar-refractivity contribution in [2.45, 2.75) is 25.7 Å². The molecule has 128 valence electrons. The van der Waals surface area contributed by atoms with Crippen LogP contribution in [0.2, 0.25) is 0 Å². The number of fused-ring (bicyclic) bond motifs is 1. The van der Waals surface area contributed by atoms with Gasteiger partial charge in [-0.15, -0.1) is 0 Å². The van der Waals surface area contributed by atoms with Gasteiger partial charge < -0.3 is 15.0 Å². The molecule has 0 bridgehead atoms. The smallest absolute Gasteiger partial charge is 0.270 e. The molecule has 3 rings (SSSR count). The van der Waals surface area contributed by atoms with Gasteiger partial charge in [-0.2, -0.15) is 0 Å². The molecule has 5 heteroatoms. The Bertz CT molecular complexity index is 696. The van der Waals surface area contributed by atoms with Crippen LogP contribution in [-0.2, 0) is 0 Å². The molecule has 24 heavy (non-hydrogen) atoms. The van der Waals surface area contributed by atoms with Crippen molar-refractivity contribution in [2.24, 2.45) is 0 Å². The van der Waals surface area contributed by atoms with Gasteiger partial charge in [0.25, 0.3) is 5.91 Å². The molecule has 2 heterocycles. The first-order valence-electron chi connectivity index (χ1n) is 8.72. The molecule has 0 saturated carbocycles. The Kier molecular flexibility index (Phi) is 5.64. The molecule has 1 aliphatic heterocycles. The summed E-state index contributed by atoms with van der Waals surface area (Å²) < 4.78 is 5.40. The Morgan fingerprint density at radius 1 is 1.25 bits per heavy atom. The molecule has 1 aromatic heterocycles. The minimum absolute atomic E-state index is 0.141. The van der Waals surface area contributed by atoms with Gasteiger partial charge in [-0.25, -0.2) is 4.98 Å². The zero-order valence-electron chi connectivity index (χ0n) is 14.3. The highest BCUT2D eigenvalue weighted by molar-refractivity contribution is 5.96. The van der Waals surface area contributed by atoms with Crippen LogP contribution in [0, 0.1) is 0 Å². The van der Waals surface area contributed by atoms with Crippen LogP contribution in [0.1, 0.15) is 36.2 Å². The fourth-order valence-corrected chi connectivity index (χ4v) is 3.21. The number of carbonyl (C=O) groups excluding carboxylic acids is 1. The van der Waals surface area contributed by atoms with Gasteiger partial charge in [0.1, 0.15) is 11.4 Å². The number of benzene rings is 1. The molecule has 0 unspecified atom stereocenters. The summed E-state index contributed by atoms with van der Waals surface area (Å²) >= 11 is 0. The lowest BCUT2D eigenvalue weighted by atomic mass is 10.1. The van der Waals surface area contributed by atoms with E-state index in [1.54, 1.807) is 13.2 Å². The van der Waals surface area contributed by atoms with Gasteiger partial charge in [-0.3, -0.25) is 4.79 Å². The van der Waals surface area contributed by atoms with Gasteiger partial charge in [-0.1, -0.05) is 18.6 Å². The summed E-state index contributed by atoms with van der Waals surface area (Å²) in [5, 5.41) is 3.89. The van der Waals surface area contributed by atoms with Crippen molar-refractivity contribution >= 4 is 16.8 Å². The van der Waals surface area contributed by atoms with Gasteiger partial charge in [0.05, 0.1) is 12.6 Å². The summed E-state index contributed by atoms with van der Waals surface area (Å²) in [6, 6.07) is 9.40. The van der Waals surface area contributed by atoms with E-state index in [1.165, 1.54) is 32.4 Å². The first kappa shape index (κ1) is 16.7. The Morgan fingerprint density at radius 3 is 2.83 bits per heavy atom. The number of likely N-dealkylation sites (tertiary alicyclic amines) is 1. The van der Waals surface area contributed by atoms with Crippen molar-refractivity contribution in [3.8, 4) is 5.75 Å². The molecule has 1 fully saturated rings. The fourth-order valence-electron chi connectivity index (χ4n) is 3.21. The maximum absolute atomic E-state index is 12.4. The lowest BCUT2D eigenvalue weighted by Gasteiger charge is -2.26. The van der Waals surface area contributed by atoms with Crippen LogP contribution < -0.4 is 10.1 Å². The number of nitrogens with zero attached hydrogens (tertiary/aromatic N) is 2. The van der Waals surface area contributed by atoms with E-state index in [1.807, 2.05) is 24.3 Å². The number of carbonyl (C=O) groups is 1. The molecule has 1 saturated heterocycles. The maximum atomic E-state index is 12.4. The molecule has 1 N–H and O–H groups in total. The van der Waals surface area contributed by atoms with Crippen molar-refractivity contribution < 1.29 is 9.53 Å². The number of hydrogen-bond acceptors (Lipinski definition) is 4. The Hall–Kier alpha value is -2.14. The van der Waals surface area contributed by atoms with Gasteiger partial charge >= 0.3 is 0 Å². The molecule has 0 spiro atoms. The number of nitrogens with one attached hydrogen (secondary N) is 1. The van der Waals surface area contributed by atoms with E-state index in [2.05, 4.69) is 15.2 Å². The first-order chi connectivity index (χ1) is 11.8. The van der Waals surface area contributed by atoms with Crippen molar-refractivity contribution in [3.05, 3.63) is 36.0 Å². The summed E-state index contributed by atoms with van der Waals surface area (Å²) in [5.41, 5.74) is 1.18. The topological polar surface area (TPSA) is 54.5 Å². The summed E-state index contributed by atoms with van der Waals surface area (Å²) in [5.74, 6) is 0.539. The largest absolute Gasteiger partial charge is 0.496 e. The van der Waals surface area contributed by atoms with Gasteiger partial charge in [0, 0.05) is 18.0 Å². The van der Waals surface area contributed by atoms with E-state index < -0.39 is 0 Å². The Labute approximate surface area is 143 Å². The summed E-state index contributed by atoms with van der Waals surface area (Å²) in [7, 11) is 1.61. The first-order valence-corrected chi connectivity index (χ1v) is 8.72. The van der Waals surface area contributed by atoms with Crippen LogP contribution in [0.4, 0.5) is 0 Å². The molecule has 1 aliphatic rings. The van der Waals surface area contributed by atoms with Crippen molar-refractivity contribution in [1.82, 2.24) is 15.2 Å². The highest BCUT2D eigenvalue weighted by Gasteiger charge is 2.13. The number of ether oxygens (including phenoxy) is 1. The summed E-state index contributed by atoms with van der Waals surface area (Å²) in [4.78, 5) is 19.3. The Morgan fingerprint density at radius 2 is 2.04 bits per heavy atom. The third-order valence-corrected chi connectivity index (χ3v) is 4.52. The van der Waals surface area contributed by atoms with Crippen LogP contribution >= 0.6 is 0 Å². The molecule has 1 amide bonds. The molecule has 0 aliphatic carbocycles. The van der Waals surface area contributed by atoms with E-state index in [9.17, 15) is 4.79 Å². The predicted molar refractivity (Wildman–Crippen MR) is 95.5 cm³/mol. The number of piperidine rings is 1. The second-order valence-electron chi connectivity index (χ2n) is 6.24. The number of methoxy groups -OCH3 is 1. The average Bonchev–Trinajstić information content (AvgIpc) is 2.65. The number of rotatable bonds is 6. The normalized spacial score (nSPS) is 15.4. The quantitative estimate of drug-likeness (QED) is 0.829. The third-order valence-electron chi connectivity index (χ3n) is 4.52. The minimum atomic E-state index is -0.141. The number of amides is 1. The number of para-hydroxylation sites is 1. The average molecular weight is 327 g/mol. The standard InChI is InChI=1S/C19H25N3O2/c1-24-18-14-17(21-16-9-4-3-8-15(16)18)19(23)20-10-7-13-22-11-5-2-6-12-22/h3-4,8-9,14H,2,5-7,10-13H2,1H3,(H,20,23). The Balaban J connectivity index is 1.57. The van der Waals surface area contributed by atoms with Crippen LogP contribution in [0.3, 0.4) is 0 Å². The van der Waals surface area contributed by atoms with E-state index >= 15 is 0 Å². The SMILES string of the molecule is COc1cc(C(=O)NCCCN2CCCCC2)nc2ccccc12. The van der Waals surface area contributed by atoms with Crippen LogP contribution in [0.5, 0.6) is 5.75 Å². The molecular formula is C19H25N3O2. The highest BCUT2D eigenvalue weighted by atomic mass is 16.5. The fraction of sp³-hybridized carbons (Fsp3) is 0.474. The summed E-state index contributed by atoms with van der Waals surface area (Å²) in [6.07, 6.45) is 4.92. The van der Waals surface area contributed by atoms with Gasteiger partial charge in [-0.05, 0) is 51.0 Å². The monoisotopic (exact) mass is 327 g/mol. The third kappa shape index (κ3) is 4.03. The van der Waals surface area contributed by atoms with E-state index in [0.29, 0.717) is 18.0 Å². The molecule has 1 aromatic carbocycles. The highest BCUT2D eigenvalue weighted by Crippen LogP contribution is 2.24. The van der Waals surface area contributed by atoms with Crippen LogP contribution in [-0.4, -0.2) is 49.1 Å². The maximum Gasteiger partial charge on any atom is 0.270 e. The van der Waals surface area contributed by atoms with E-state index in [-0.39, 0.29) is 5.91 Å². The second-order valence-corrected chi connectivity index (χ2v) is 6.24. The van der Waals surface area contributed by atoms with E-state index in [4.69, 9.17) is 4.74 Å². The summed E-state index contributed by atoms with van der Waals surface area (Å²) in [6.45, 7) is 4.11. The van der Waals surface area contributed by atoms with E-state index in [0.717, 1.165) is 23.9 Å². The van der Waals surface area contributed by atoms with Gasteiger partial charge in [0.15, 0.2) is 0 Å². The molecular weight excluding hydrogens is 302 g/mol.